The first kappa shape index (κ1) is 16.5. The van der Waals surface area contributed by atoms with Crippen LogP contribution in [-0.2, 0) is 0 Å². The van der Waals surface area contributed by atoms with Crippen LogP contribution in [0.2, 0.25) is 5.02 Å². The van der Waals surface area contributed by atoms with E-state index in [0.29, 0.717) is 35.9 Å². The van der Waals surface area contributed by atoms with E-state index in [9.17, 15) is 9.59 Å². The maximum Gasteiger partial charge on any atom is 0.266 e. The summed E-state index contributed by atoms with van der Waals surface area (Å²) in [6.45, 7) is 0.557. The number of likely N-dealkylation sites (tertiary alicyclic amines) is 1. The third kappa shape index (κ3) is 2.99. The SMILES string of the molecule is O=C(c1c[nH]c(=O)c(Cl)c1)N1CCC[C@H]1c1nc(-c2ccccn2)no1. The molecule has 0 radical (unpaired) electrons. The molecular formula is C17H14ClN5O3. The monoisotopic (exact) mass is 371 g/mol. The summed E-state index contributed by atoms with van der Waals surface area (Å²) < 4.78 is 5.38. The first-order valence-corrected chi connectivity index (χ1v) is 8.45. The molecule has 0 unspecified atom stereocenters. The average molecular weight is 372 g/mol. The Labute approximate surface area is 152 Å². The van der Waals surface area contributed by atoms with Gasteiger partial charge in [0, 0.05) is 18.9 Å². The molecule has 4 heterocycles. The molecule has 3 aromatic rings. The van der Waals surface area contributed by atoms with Crippen molar-refractivity contribution in [2.75, 3.05) is 6.54 Å². The molecule has 26 heavy (non-hydrogen) atoms. The summed E-state index contributed by atoms with van der Waals surface area (Å²) >= 11 is 5.83. The van der Waals surface area contributed by atoms with Gasteiger partial charge in [0.25, 0.3) is 11.5 Å². The molecule has 4 rings (SSSR count). The quantitative estimate of drug-likeness (QED) is 0.758. The van der Waals surface area contributed by atoms with Crippen LogP contribution in [0.3, 0.4) is 0 Å². The highest BCUT2D eigenvalue weighted by Crippen LogP contribution is 2.33. The third-order valence-corrected chi connectivity index (χ3v) is 4.52. The number of carbonyl (C=O) groups is 1. The summed E-state index contributed by atoms with van der Waals surface area (Å²) in [5.74, 6) is 0.502. The van der Waals surface area contributed by atoms with Gasteiger partial charge < -0.3 is 14.4 Å². The van der Waals surface area contributed by atoms with Gasteiger partial charge in [0.05, 0.1) is 5.56 Å². The van der Waals surface area contributed by atoms with E-state index in [-0.39, 0.29) is 17.0 Å². The molecular weight excluding hydrogens is 358 g/mol. The predicted octanol–water partition coefficient (Wildman–Crippen LogP) is 2.45. The van der Waals surface area contributed by atoms with E-state index < -0.39 is 5.56 Å². The van der Waals surface area contributed by atoms with Crippen LogP contribution in [-0.4, -0.2) is 37.5 Å². The van der Waals surface area contributed by atoms with Gasteiger partial charge in [-0.2, -0.15) is 4.98 Å². The highest BCUT2D eigenvalue weighted by molar-refractivity contribution is 6.30. The van der Waals surface area contributed by atoms with Gasteiger partial charge in [-0.1, -0.05) is 22.8 Å². The number of nitrogens with one attached hydrogen (secondary N) is 1. The van der Waals surface area contributed by atoms with Crippen molar-refractivity contribution in [3.05, 3.63) is 63.5 Å². The van der Waals surface area contributed by atoms with Crippen LogP contribution in [0.25, 0.3) is 11.5 Å². The van der Waals surface area contributed by atoms with Gasteiger partial charge in [0.2, 0.25) is 11.7 Å². The van der Waals surface area contributed by atoms with Crippen LogP contribution in [0, 0.1) is 0 Å². The van der Waals surface area contributed by atoms with Gasteiger partial charge >= 0.3 is 0 Å². The zero-order chi connectivity index (χ0) is 18.1. The number of pyridine rings is 2. The fourth-order valence-electron chi connectivity index (χ4n) is 2.98. The van der Waals surface area contributed by atoms with E-state index in [1.165, 1.54) is 12.3 Å². The van der Waals surface area contributed by atoms with E-state index in [1.807, 2.05) is 6.07 Å². The molecule has 0 saturated carbocycles. The van der Waals surface area contributed by atoms with Gasteiger partial charge in [0.15, 0.2) is 0 Å². The second kappa shape index (κ2) is 6.72. The van der Waals surface area contributed by atoms with E-state index in [1.54, 1.807) is 23.2 Å². The number of H-pyrrole nitrogens is 1. The second-order valence-electron chi connectivity index (χ2n) is 5.89. The number of nitrogens with zero attached hydrogens (tertiary/aromatic N) is 4. The fourth-order valence-corrected chi connectivity index (χ4v) is 3.15. The lowest BCUT2D eigenvalue weighted by molar-refractivity contribution is 0.0709. The highest BCUT2D eigenvalue weighted by atomic mass is 35.5. The lowest BCUT2D eigenvalue weighted by Gasteiger charge is -2.21. The van der Waals surface area contributed by atoms with Crippen molar-refractivity contribution in [2.45, 2.75) is 18.9 Å². The number of carbonyl (C=O) groups excluding carboxylic acids is 1. The summed E-state index contributed by atoms with van der Waals surface area (Å²) in [7, 11) is 0. The first-order valence-electron chi connectivity index (χ1n) is 8.07. The fraction of sp³-hybridized carbons (Fsp3) is 0.235. The summed E-state index contributed by atoms with van der Waals surface area (Å²) in [4.78, 5) is 36.9. The van der Waals surface area contributed by atoms with Crippen LogP contribution in [0.1, 0.15) is 35.1 Å². The Morgan fingerprint density at radius 3 is 3.04 bits per heavy atom. The van der Waals surface area contributed by atoms with Crippen LogP contribution >= 0.6 is 11.6 Å². The lowest BCUT2D eigenvalue weighted by atomic mass is 10.2. The van der Waals surface area contributed by atoms with Gasteiger partial charge in [-0.15, -0.1) is 0 Å². The Balaban J connectivity index is 1.60. The zero-order valence-electron chi connectivity index (χ0n) is 13.6. The molecule has 1 aliphatic heterocycles. The maximum absolute atomic E-state index is 12.8. The van der Waals surface area contributed by atoms with Crippen molar-refractivity contribution in [3.8, 4) is 11.5 Å². The zero-order valence-corrected chi connectivity index (χ0v) is 14.3. The average Bonchev–Trinajstić information content (AvgIpc) is 3.33. The molecule has 1 atom stereocenters. The highest BCUT2D eigenvalue weighted by Gasteiger charge is 2.35. The van der Waals surface area contributed by atoms with E-state index in [2.05, 4.69) is 20.1 Å². The van der Waals surface area contributed by atoms with Crippen molar-refractivity contribution in [1.29, 1.82) is 0 Å². The molecule has 9 heteroatoms. The molecule has 1 amide bonds. The normalized spacial score (nSPS) is 16.8. The number of amides is 1. The lowest BCUT2D eigenvalue weighted by Crippen LogP contribution is -2.31. The number of hydrogen-bond acceptors (Lipinski definition) is 6. The minimum atomic E-state index is -0.432. The molecule has 132 valence electrons. The molecule has 1 aliphatic rings. The largest absolute Gasteiger partial charge is 0.337 e. The molecule has 0 bridgehead atoms. The Hall–Kier alpha value is -3.00. The topological polar surface area (TPSA) is 105 Å². The second-order valence-corrected chi connectivity index (χ2v) is 6.30. The van der Waals surface area contributed by atoms with Crippen molar-refractivity contribution >= 4 is 17.5 Å². The number of aromatic amines is 1. The number of hydrogen-bond donors (Lipinski definition) is 1. The molecule has 0 aliphatic carbocycles. The van der Waals surface area contributed by atoms with Crippen molar-refractivity contribution in [2.24, 2.45) is 0 Å². The first-order chi connectivity index (χ1) is 12.6. The summed E-state index contributed by atoms with van der Waals surface area (Å²) in [6.07, 6.45) is 4.54. The van der Waals surface area contributed by atoms with Crippen LogP contribution < -0.4 is 5.56 Å². The minimum Gasteiger partial charge on any atom is -0.337 e. The van der Waals surface area contributed by atoms with Crippen LogP contribution in [0.4, 0.5) is 0 Å². The number of rotatable bonds is 3. The summed E-state index contributed by atoms with van der Waals surface area (Å²) in [6, 6.07) is 6.47. The van der Waals surface area contributed by atoms with Crippen LogP contribution in [0.15, 0.2) is 46.0 Å². The van der Waals surface area contributed by atoms with Gasteiger partial charge in [0.1, 0.15) is 16.8 Å². The minimum absolute atomic E-state index is 0.0261. The number of aromatic nitrogens is 4. The summed E-state index contributed by atoms with van der Waals surface area (Å²) in [5, 5.41) is 3.94. The van der Waals surface area contributed by atoms with E-state index >= 15 is 0 Å². The molecule has 0 spiro atoms. The molecule has 1 saturated heterocycles. The van der Waals surface area contributed by atoms with Gasteiger partial charge in [-0.05, 0) is 31.0 Å². The van der Waals surface area contributed by atoms with E-state index in [4.69, 9.17) is 16.1 Å². The van der Waals surface area contributed by atoms with Crippen LogP contribution in [0.5, 0.6) is 0 Å². The Kier molecular flexibility index (Phi) is 4.26. The number of halogens is 1. The Morgan fingerprint density at radius 1 is 1.38 bits per heavy atom. The standard InChI is InChI=1S/C17H14ClN5O3/c18-11-8-10(9-20-15(11)24)17(25)23-7-3-5-13(23)16-21-14(22-26-16)12-4-1-2-6-19-12/h1-2,4,6,8-9,13H,3,5,7H2,(H,20,24)/t13-/m0/s1. The Morgan fingerprint density at radius 2 is 2.27 bits per heavy atom. The Bertz CT molecular complexity index is 1000. The predicted molar refractivity (Wildman–Crippen MR) is 92.6 cm³/mol. The molecule has 1 N–H and O–H groups in total. The molecule has 1 fully saturated rings. The maximum atomic E-state index is 12.8. The molecule has 0 aromatic carbocycles. The van der Waals surface area contributed by atoms with E-state index in [0.717, 1.165) is 6.42 Å². The van der Waals surface area contributed by atoms with Crippen molar-refractivity contribution < 1.29 is 9.32 Å². The molecule has 3 aromatic heterocycles. The third-order valence-electron chi connectivity index (χ3n) is 4.24. The molecule has 8 nitrogen and oxygen atoms in total. The smallest absolute Gasteiger partial charge is 0.266 e. The van der Waals surface area contributed by atoms with Gasteiger partial charge in [-0.3, -0.25) is 14.6 Å². The summed E-state index contributed by atoms with van der Waals surface area (Å²) in [5.41, 5.74) is 0.481. The van der Waals surface area contributed by atoms with Gasteiger partial charge in [-0.25, -0.2) is 0 Å². The van der Waals surface area contributed by atoms with Crippen molar-refractivity contribution in [3.63, 3.8) is 0 Å². The van der Waals surface area contributed by atoms with Crippen molar-refractivity contribution in [1.82, 2.24) is 25.0 Å².